The molecule has 1 rings (SSSR count). The van der Waals surface area contributed by atoms with Crippen LogP contribution in [0.5, 0.6) is 5.75 Å². The zero-order valence-corrected chi connectivity index (χ0v) is 13.8. The van der Waals surface area contributed by atoms with Crippen LogP contribution in [0.4, 0.5) is 0 Å². The maximum Gasteiger partial charge on any atom is 0.328 e. The van der Waals surface area contributed by atoms with Crippen LogP contribution in [-0.4, -0.2) is 37.0 Å². The summed E-state index contributed by atoms with van der Waals surface area (Å²) in [6, 6.07) is 8.37. The van der Waals surface area contributed by atoms with E-state index in [1.807, 2.05) is 32.0 Å². The molecule has 1 aromatic rings. The lowest BCUT2D eigenvalue weighted by atomic mass is 9.99. The van der Waals surface area contributed by atoms with Gasteiger partial charge in [-0.3, -0.25) is 4.79 Å². The molecule has 0 saturated carbocycles. The number of amides is 1. The number of carbonyl (C=O) groups is 2. The van der Waals surface area contributed by atoms with E-state index in [0.717, 1.165) is 6.42 Å². The number of methoxy groups -OCH3 is 1. The van der Waals surface area contributed by atoms with E-state index in [1.165, 1.54) is 7.11 Å². The van der Waals surface area contributed by atoms with Crippen molar-refractivity contribution in [2.75, 3.05) is 13.7 Å². The summed E-state index contributed by atoms with van der Waals surface area (Å²) >= 11 is 6.03. The molecule has 0 aliphatic carbocycles. The summed E-state index contributed by atoms with van der Waals surface area (Å²) in [6.07, 6.45) is 0.730. The van der Waals surface area contributed by atoms with Crippen molar-refractivity contribution < 1.29 is 19.1 Å². The summed E-state index contributed by atoms with van der Waals surface area (Å²) < 4.78 is 10.2. The van der Waals surface area contributed by atoms with Gasteiger partial charge in [0.2, 0.25) is 5.91 Å². The van der Waals surface area contributed by atoms with Crippen molar-refractivity contribution in [1.29, 1.82) is 0 Å². The summed E-state index contributed by atoms with van der Waals surface area (Å²) in [6.45, 7) is 3.82. The molecule has 122 valence electrons. The Balaban J connectivity index is 2.55. The van der Waals surface area contributed by atoms with Gasteiger partial charge in [0.05, 0.1) is 7.11 Å². The van der Waals surface area contributed by atoms with E-state index in [9.17, 15) is 9.59 Å². The van der Waals surface area contributed by atoms with E-state index in [2.05, 4.69) is 5.32 Å². The number of hydrogen-bond acceptors (Lipinski definition) is 4. The van der Waals surface area contributed by atoms with E-state index in [1.54, 1.807) is 12.1 Å². The molecule has 0 aliphatic rings. The van der Waals surface area contributed by atoms with Crippen molar-refractivity contribution in [2.45, 2.75) is 31.7 Å². The third-order valence-corrected chi connectivity index (χ3v) is 3.71. The smallest absolute Gasteiger partial charge is 0.328 e. The van der Waals surface area contributed by atoms with Gasteiger partial charge >= 0.3 is 5.97 Å². The fourth-order valence-corrected chi connectivity index (χ4v) is 1.93. The van der Waals surface area contributed by atoms with E-state index >= 15 is 0 Å². The monoisotopic (exact) mass is 327 g/mol. The highest BCUT2D eigenvalue weighted by Gasteiger charge is 2.29. The first-order chi connectivity index (χ1) is 10.5. The average molecular weight is 328 g/mol. The predicted octanol–water partition coefficient (Wildman–Crippen LogP) is 2.38. The molecule has 1 N–H and O–H groups in total. The SMILES string of the molecule is CC[C@H](C)[C@H](NC(=O)C(Cl)COc1ccccc1)C(=O)OC. The molecule has 0 saturated heterocycles. The molecule has 0 fully saturated rings. The number of rotatable bonds is 8. The van der Waals surface area contributed by atoms with E-state index in [0.29, 0.717) is 5.75 Å². The highest BCUT2D eigenvalue weighted by molar-refractivity contribution is 6.31. The molecule has 6 heteroatoms. The van der Waals surface area contributed by atoms with E-state index in [4.69, 9.17) is 21.1 Å². The molecule has 0 bridgehead atoms. The number of ether oxygens (including phenoxy) is 2. The van der Waals surface area contributed by atoms with Crippen molar-refractivity contribution >= 4 is 23.5 Å². The van der Waals surface area contributed by atoms with Gasteiger partial charge < -0.3 is 14.8 Å². The van der Waals surface area contributed by atoms with Crippen molar-refractivity contribution in [1.82, 2.24) is 5.32 Å². The number of halogens is 1. The Bertz CT molecular complexity index is 480. The Morgan fingerprint density at radius 2 is 1.91 bits per heavy atom. The number of para-hydroxylation sites is 1. The molecule has 0 radical (unpaired) electrons. The minimum Gasteiger partial charge on any atom is -0.492 e. The zero-order valence-electron chi connectivity index (χ0n) is 13.0. The van der Waals surface area contributed by atoms with Gasteiger partial charge in [0, 0.05) is 0 Å². The fraction of sp³-hybridized carbons (Fsp3) is 0.500. The molecule has 3 atom stereocenters. The maximum absolute atomic E-state index is 12.1. The Morgan fingerprint density at radius 1 is 1.27 bits per heavy atom. The zero-order chi connectivity index (χ0) is 16.5. The van der Waals surface area contributed by atoms with Crippen LogP contribution in [-0.2, 0) is 14.3 Å². The van der Waals surface area contributed by atoms with Gasteiger partial charge in [-0.2, -0.15) is 0 Å². The molecule has 22 heavy (non-hydrogen) atoms. The maximum atomic E-state index is 12.1. The summed E-state index contributed by atoms with van der Waals surface area (Å²) in [5.41, 5.74) is 0. The highest BCUT2D eigenvalue weighted by Crippen LogP contribution is 2.12. The van der Waals surface area contributed by atoms with Crippen LogP contribution in [0, 0.1) is 5.92 Å². The van der Waals surface area contributed by atoms with Crippen molar-refractivity contribution in [3.05, 3.63) is 30.3 Å². The molecule has 5 nitrogen and oxygen atoms in total. The fourth-order valence-electron chi connectivity index (χ4n) is 1.80. The second kappa shape index (κ2) is 9.30. The first-order valence-electron chi connectivity index (χ1n) is 7.19. The van der Waals surface area contributed by atoms with Crippen LogP contribution in [0.2, 0.25) is 0 Å². The van der Waals surface area contributed by atoms with E-state index in [-0.39, 0.29) is 12.5 Å². The summed E-state index contributed by atoms with van der Waals surface area (Å²) in [5.74, 6) is -0.341. The van der Waals surface area contributed by atoms with Crippen LogP contribution < -0.4 is 10.1 Å². The number of esters is 1. The van der Waals surface area contributed by atoms with Crippen molar-refractivity contribution in [3.63, 3.8) is 0 Å². The lowest BCUT2D eigenvalue weighted by Crippen LogP contribution is -2.49. The van der Waals surface area contributed by atoms with Crippen LogP contribution >= 0.6 is 11.6 Å². The van der Waals surface area contributed by atoms with Gasteiger partial charge in [-0.05, 0) is 18.1 Å². The number of nitrogens with one attached hydrogen (secondary N) is 1. The van der Waals surface area contributed by atoms with Gasteiger partial charge in [-0.15, -0.1) is 11.6 Å². The molecule has 1 aromatic carbocycles. The van der Waals surface area contributed by atoms with Gasteiger partial charge in [0.15, 0.2) is 0 Å². The number of hydrogen-bond donors (Lipinski definition) is 1. The Morgan fingerprint density at radius 3 is 2.45 bits per heavy atom. The first kappa shape index (κ1) is 18.3. The molecule has 0 spiro atoms. The molecule has 1 amide bonds. The standard InChI is InChI=1S/C16H22ClNO4/c1-4-11(2)14(16(20)21-3)18-15(19)13(17)10-22-12-8-6-5-7-9-12/h5-9,11,13-14H,4,10H2,1-3H3,(H,18,19)/t11-,13?,14-/m0/s1. The van der Waals surface area contributed by atoms with E-state index < -0.39 is 23.3 Å². The van der Waals surface area contributed by atoms with Gasteiger partial charge in [-0.25, -0.2) is 4.79 Å². The summed E-state index contributed by atoms with van der Waals surface area (Å²) in [5, 5.41) is 1.74. The molecule has 0 aromatic heterocycles. The molecule has 0 heterocycles. The normalized spacial score (nSPS) is 14.5. The lowest BCUT2D eigenvalue weighted by Gasteiger charge is -2.23. The number of alkyl halides is 1. The second-order valence-corrected chi connectivity index (χ2v) is 5.51. The first-order valence-corrected chi connectivity index (χ1v) is 7.63. The Labute approximate surface area is 135 Å². The Hall–Kier alpha value is -1.75. The largest absolute Gasteiger partial charge is 0.492 e. The molecule has 1 unspecified atom stereocenters. The van der Waals surface area contributed by atoms with Crippen LogP contribution in [0.3, 0.4) is 0 Å². The topological polar surface area (TPSA) is 64.6 Å². The summed E-state index contributed by atoms with van der Waals surface area (Å²) in [7, 11) is 1.29. The van der Waals surface area contributed by atoms with Crippen LogP contribution in [0.25, 0.3) is 0 Å². The second-order valence-electron chi connectivity index (χ2n) is 4.99. The third kappa shape index (κ3) is 5.56. The quantitative estimate of drug-likeness (QED) is 0.588. The predicted molar refractivity (Wildman–Crippen MR) is 85.0 cm³/mol. The van der Waals surface area contributed by atoms with Gasteiger partial charge in [-0.1, -0.05) is 38.5 Å². The highest BCUT2D eigenvalue weighted by atomic mass is 35.5. The average Bonchev–Trinajstić information content (AvgIpc) is 2.56. The van der Waals surface area contributed by atoms with Gasteiger partial charge in [0.25, 0.3) is 0 Å². The lowest BCUT2D eigenvalue weighted by molar-refractivity contribution is -0.146. The minimum absolute atomic E-state index is 0.0196. The number of benzene rings is 1. The minimum atomic E-state index is -0.892. The Kier molecular flexibility index (Phi) is 7.74. The number of carbonyl (C=O) groups excluding carboxylic acids is 2. The third-order valence-electron chi connectivity index (χ3n) is 3.39. The van der Waals surface area contributed by atoms with Gasteiger partial charge in [0.1, 0.15) is 23.8 Å². The molecular formula is C16H22ClNO4. The summed E-state index contributed by atoms with van der Waals surface area (Å²) in [4.78, 5) is 23.8. The van der Waals surface area contributed by atoms with Crippen molar-refractivity contribution in [2.24, 2.45) is 5.92 Å². The molecule has 0 aliphatic heterocycles. The van der Waals surface area contributed by atoms with Crippen LogP contribution in [0.15, 0.2) is 30.3 Å². The molecular weight excluding hydrogens is 306 g/mol. The van der Waals surface area contributed by atoms with Crippen LogP contribution in [0.1, 0.15) is 20.3 Å². The van der Waals surface area contributed by atoms with Crippen molar-refractivity contribution in [3.8, 4) is 5.75 Å².